The summed E-state index contributed by atoms with van der Waals surface area (Å²) in [5.74, 6) is 0.0686. The van der Waals surface area contributed by atoms with Crippen LogP contribution in [0.4, 0.5) is 10.5 Å². The number of piperidine rings is 1. The molecule has 1 aliphatic rings. The molecule has 2 amide bonds. The van der Waals surface area contributed by atoms with Gasteiger partial charge >= 0.3 is 6.03 Å². The molecule has 1 saturated heterocycles. The average Bonchev–Trinajstić information content (AvgIpc) is 2.38. The first-order valence-corrected chi connectivity index (χ1v) is 6.56. The molecular formula is C14H20N4O. The smallest absolute Gasteiger partial charge is 0.322 e. The van der Waals surface area contributed by atoms with Gasteiger partial charge < -0.3 is 16.0 Å². The van der Waals surface area contributed by atoms with Crippen molar-refractivity contribution in [2.45, 2.75) is 32.2 Å². The van der Waals surface area contributed by atoms with Crippen molar-refractivity contribution in [1.82, 2.24) is 4.90 Å². The molecule has 5 nitrogen and oxygen atoms in total. The predicted octanol–water partition coefficient (Wildman–Crippen LogP) is 2.32. The summed E-state index contributed by atoms with van der Waals surface area (Å²) < 4.78 is 0. The highest BCUT2D eigenvalue weighted by molar-refractivity contribution is 5.94. The van der Waals surface area contributed by atoms with Crippen molar-refractivity contribution in [2.24, 2.45) is 5.73 Å². The molecule has 5 heteroatoms. The summed E-state index contributed by atoms with van der Waals surface area (Å²) in [6, 6.07) is 7.23. The number of likely N-dealkylation sites (tertiary alicyclic amines) is 1. The van der Waals surface area contributed by atoms with Gasteiger partial charge in [0.25, 0.3) is 0 Å². The minimum Gasteiger partial charge on any atom is -0.386 e. The van der Waals surface area contributed by atoms with Crippen molar-refractivity contribution in [1.29, 1.82) is 5.41 Å². The van der Waals surface area contributed by atoms with Crippen LogP contribution in [0.25, 0.3) is 0 Å². The summed E-state index contributed by atoms with van der Waals surface area (Å²) in [5.41, 5.74) is 7.45. The summed E-state index contributed by atoms with van der Waals surface area (Å²) in [7, 11) is 0. The Bertz CT molecular complexity index is 486. The van der Waals surface area contributed by atoms with Crippen LogP contribution in [-0.2, 0) is 0 Å². The van der Waals surface area contributed by atoms with E-state index in [2.05, 4.69) is 5.32 Å². The van der Waals surface area contributed by atoms with Crippen LogP contribution >= 0.6 is 0 Å². The SMILES string of the molecule is Cc1cccc(NC(=O)N2CCCCC2C(=N)N)c1. The van der Waals surface area contributed by atoms with Crippen LogP contribution in [0.3, 0.4) is 0 Å². The van der Waals surface area contributed by atoms with E-state index in [0.717, 1.165) is 30.5 Å². The molecular weight excluding hydrogens is 240 g/mol. The number of rotatable bonds is 2. The third-order valence-corrected chi connectivity index (χ3v) is 3.39. The summed E-state index contributed by atoms with van der Waals surface area (Å²) in [6.07, 6.45) is 2.75. The van der Waals surface area contributed by atoms with Crippen molar-refractivity contribution < 1.29 is 4.79 Å². The summed E-state index contributed by atoms with van der Waals surface area (Å²) >= 11 is 0. The molecule has 0 radical (unpaired) electrons. The lowest BCUT2D eigenvalue weighted by Crippen LogP contribution is -2.51. The number of carbonyl (C=O) groups is 1. The van der Waals surface area contributed by atoms with Crippen LogP contribution in [0.2, 0.25) is 0 Å². The number of urea groups is 1. The summed E-state index contributed by atoms with van der Waals surface area (Å²) in [5, 5.41) is 10.5. The van der Waals surface area contributed by atoms with Crippen LogP contribution in [0.1, 0.15) is 24.8 Å². The maximum atomic E-state index is 12.3. The Hall–Kier alpha value is -2.04. The molecule has 2 rings (SSSR count). The van der Waals surface area contributed by atoms with Crippen LogP contribution in [0.15, 0.2) is 24.3 Å². The number of hydrogen-bond acceptors (Lipinski definition) is 2. The second-order valence-electron chi connectivity index (χ2n) is 4.96. The number of nitrogens with one attached hydrogen (secondary N) is 2. The normalized spacial score (nSPS) is 19.0. The molecule has 1 atom stereocenters. The molecule has 0 spiro atoms. The molecule has 102 valence electrons. The lowest BCUT2D eigenvalue weighted by Gasteiger charge is -2.34. The van der Waals surface area contributed by atoms with Crippen molar-refractivity contribution in [3.8, 4) is 0 Å². The van der Waals surface area contributed by atoms with Gasteiger partial charge in [-0.2, -0.15) is 0 Å². The molecule has 1 heterocycles. The second kappa shape index (κ2) is 5.73. The first-order chi connectivity index (χ1) is 9.08. The molecule has 1 fully saturated rings. The highest BCUT2D eigenvalue weighted by Crippen LogP contribution is 2.19. The van der Waals surface area contributed by atoms with Gasteiger partial charge in [-0.3, -0.25) is 5.41 Å². The molecule has 1 aromatic rings. The summed E-state index contributed by atoms with van der Waals surface area (Å²) in [6.45, 7) is 2.64. The number of nitrogens with zero attached hydrogens (tertiary/aromatic N) is 1. The van der Waals surface area contributed by atoms with Gasteiger partial charge in [-0.15, -0.1) is 0 Å². The van der Waals surface area contributed by atoms with E-state index < -0.39 is 0 Å². The molecule has 0 aliphatic carbocycles. The third-order valence-electron chi connectivity index (χ3n) is 3.39. The van der Waals surface area contributed by atoms with E-state index in [-0.39, 0.29) is 17.9 Å². The van der Waals surface area contributed by atoms with Gasteiger partial charge in [-0.05, 0) is 43.9 Å². The van der Waals surface area contributed by atoms with E-state index in [1.165, 1.54) is 0 Å². The Kier molecular flexibility index (Phi) is 4.04. The Morgan fingerprint density at radius 2 is 2.26 bits per heavy atom. The van der Waals surface area contributed by atoms with Gasteiger partial charge in [-0.25, -0.2) is 4.79 Å². The van der Waals surface area contributed by atoms with Crippen LogP contribution in [-0.4, -0.2) is 29.4 Å². The van der Waals surface area contributed by atoms with Gasteiger partial charge in [0.15, 0.2) is 0 Å². The zero-order valence-electron chi connectivity index (χ0n) is 11.1. The first kappa shape index (κ1) is 13.4. The number of hydrogen-bond donors (Lipinski definition) is 3. The first-order valence-electron chi connectivity index (χ1n) is 6.56. The molecule has 1 aliphatic heterocycles. The molecule has 4 N–H and O–H groups in total. The minimum absolute atomic E-state index is 0.0686. The Labute approximate surface area is 113 Å². The van der Waals surface area contributed by atoms with E-state index in [9.17, 15) is 4.79 Å². The fraction of sp³-hybridized carbons (Fsp3) is 0.429. The van der Waals surface area contributed by atoms with E-state index in [0.29, 0.717) is 6.54 Å². The van der Waals surface area contributed by atoms with Gasteiger partial charge in [0.2, 0.25) is 0 Å². The molecule has 0 aromatic heterocycles. The fourth-order valence-electron chi connectivity index (χ4n) is 2.42. The van der Waals surface area contributed by atoms with Crippen LogP contribution in [0, 0.1) is 12.3 Å². The number of aryl methyl sites for hydroxylation is 1. The topological polar surface area (TPSA) is 82.2 Å². The highest BCUT2D eigenvalue weighted by atomic mass is 16.2. The second-order valence-corrected chi connectivity index (χ2v) is 4.96. The Morgan fingerprint density at radius 3 is 2.95 bits per heavy atom. The van der Waals surface area contributed by atoms with Crippen LogP contribution in [0.5, 0.6) is 0 Å². The van der Waals surface area contributed by atoms with Crippen LogP contribution < -0.4 is 11.1 Å². The number of amides is 2. The van der Waals surface area contributed by atoms with E-state index in [1.54, 1.807) is 4.90 Å². The number of amidine groups is 1. The zero-order chi connectivity index (χ0) is 13.8. The van der Waals surface area contributed by atoms with Crippen molar-refractivity contribution in [3.05, 3.63) is 29.8 Å². The molecule has 0 bridgehead atoms. The van der Waals surface area contributed by atoms with Gasteiger partial charge in [0.1, 0.15) is 5.84 Å². The lowest BCUT2D eigenvalue weighted by atomic mass is 10.0. The number of nitrogens with two attached hydrogens (primary N) is 1. The number of benzene rings is 1. The van der Waals surface area contributed by atoms with Gasteiger partial charge in [0, 0.05) is 12.2 Å². The molecule has 1 aromatic carbocycles. The van der Waals surface area contributed by atoms with E-state index in [4.69, 9.17) is 11.1 Å². The predicted molar refractivity (Wildman–Crippen MR) is 76.5 cm³/mol. The monoisotopic (exact) mass is 260 g/mol. The highest BCUT2D eigenvalue weighted by Gasteiger charge is 2.28. The lowest BCUT2D eigenvalue weighted by molar-refractivity contribution is 0.185. The van der Waals surface area contributed by atoms with E-state index >= 15 is 0 Å². The maximum absolute atomic E-state index is 12.3. The van der Waals surface area contributed by atoms with E-state index in [1.807, 2.05) is 31.2 Å². The largest absolute Gasteiger partial charge is 0.386 e. The fourth-order valence-corrected chi connectivity index (χ4v) is 2.42. The van der Waals surface area contributed by atoms with Crippen molar-refractivity contribution in [3.63, 3.8) is 0 Å². The molecule has 1 unspecified atom stereocenters. The minimum atomic E-state index is -0.265. The van der Waals surface area contributed by atoms with Crippen molar-refractivity contribution >= 4 is 17.6 Å². The third kappa shape index (κ3) is 3.24. The Balaban J connectivity index is 2.07. The van der Waals surface area contributed by atoms with Gasteiger partial charge in [-0.1, -0.05) is 12.1 Å². The summed E-state index contributed by atoms with van der Waals surface area (Å²) in [4.78, 5) is 13.9. The van der Waals surface area contributed by atoms with Gasteiger partial charge in [0.05, 0.1) is 6.04 Å². The molecule has 19 heavy (non-hydrogen) atoms. The quantitative estimate of drug-likeness (QED) is 0.563. The maximum Gasteiger partial charge on any atom is 0.322 e. The Morgan fingerprint density at radius 1 is 1.47 bits per heavy atom. The number of carbonyl (C=O) groups excluding carboxylic acids is 1. The number of anilines is 1. The zero-order valence-corrected chi connectivity index (χ0v) is 11.1. The molecule has 0 saturated carbocycles. The average molecular weight is 260 g/mol. The standard InChI is InChI=1S/C14H20N4O/c1-10-5-4-6-11(9-10)17-14(19)18-8-3-2-7-12(18)13(15)16/h4-6,9,12H,2-3,7-8H2,1H3,(H3,15,16)(H,17,19). The van der Waals surface area contributed by atoms with Crippen molar-refractivity contribution in [2.75, 3.05) is 11.9 Å².